The third-order valence-corrected chi connectivity index (χ3v) is 7.69. The summed E-state index contributed by atoms with van der Waals surface area (Å²) < 4.78 is 36.3. The van der Waals surface area contributed by atoms with Gasteiger partial charge >= 0.3 is 0 Å². The molecule has 2 aromatic carbocycles. The van der Waals surface area contributed by atoms with Gasteiger partial charge in [-0.25, -0.2) is 13.1 Å². The standard InChI is InChI=1S/C23H26N4O3S/c1-26-14-12-19-21(26)8-4-10-23(19)31(28,29)25-17-11-15-27(16-17)13-5-7-20-18-6-2-3-9-22(18)30-24-20/h2-4,6,8-10,12,14,17,25H,5,7,11,13,15-16H2,1H3/t17-/m1/s1. The largest absolute Gasteiger partial charge is 0.356 e. The lowest BCUT2D eigenvalue weighted by atomic mass is 10.1. The molecule has 1 atom stereocenters. The molecule has 0 amide bonds. The van der Waals surface area contributed by atoms with E-state index >= 15 is 0 Å². The van der Waals surface area contributed by atoms with Crippen molar-refractivity contribution in [2.45, 2.75) is 30.2 Å². The molecule has 4 aromatic rings. The van der Waals surface area contributed by atoms with Crippen LogP contribution in [0.3, 0.4) is 0 Å². The molecule has 0 aliphatic carbocycles. The minimum atomic E-state index is -3.57. The van der Waals surface area contributed by atoms with Gasteiger partial charge in [-0.05, 0) is 62.7 Å². The molecule has 1 fully saturated rings. The molecule has 0 spiro atoms. The van der Waals surface area contributed by atoms with Gasteiger partial charge in [0.2, 0.25) is 10.0 Å². The van der Waals surface area contributed by atoms with Gasteiger partial charge in [0, 0.05) is 42.1 Å². The molecule has 1 saturated heterocycles. The number of hydrogen-bond acceptors (Lipinski definition) is 5. The van der Waals surface area contributed by atoms with Crippen molar-refractivity contribution in [2.75, 3.05) is 19.6 Å². The summed E-state index contributed by atoms with van der Waals surface area (Å²) >= 11 is 0. The van der Waals surface area contributed by atoms with E-state index in [2.05, 4.69) is 14.8 Å². The highest BCUT2D eigenvalue weighted by Crippen LogP contribution is 2.25. The van der Waals surface area contributed by atoms with E-state index in [0.29, 0.717) is 4.90 Å². The third kappa shape index (κ3) is 3.98. The SMILES string of the molecule is Cn1ccc2c(S(=O)(=O)N[C@@H]3CCN(CCCc4noc5ccccc45)C3)cccc21. The molecule has 2 aromatic heterocycles. The van der Waals surface area contributed by atoms with E-state index in [-0.39, 0.29) is 6.04 Å². The lowest BCUT2D eigenvalue weighted by Gasteiger charge is -2.17. The fraction of sp³-hybridized carbons (Fsp3) is 0.348. The maximum Gasteiger partial charge on any atom is 0.241 e. The highest BCUT2D eigenvalue weighted by atomic mass is 32.2. The van der Waals surface area contributed by atoms with Crippen LogP contribution >= 0.6 is 0 Å². The van der Waals surface area contributed by atoms with Crippen LogP contribution in [0.1, 0.15) is 18.5 Å². The topological polar surface area (TPSA) is 80.4 Å². The molecule has 31 heavy (non-hydrogen) atoms. The lowest BCUT2D eigenvalue weighted by Crippen LogP contribution is -2.37. The Hall–Kier alpha value is -2.68. The van der Waals surface area contributed by atoms with E-state index in [4.69, 9.17) is 4.52 Å². The van der Waals surface area contributed by atoms with Crippen LogP contribution in [-0.2, 0) is 23.5 Å². The molecule has 5 rings (SSSR count). The lowest BCUT2D eigenvalue weighted by molar-refractivity contribution is 0.326. The highest BCUT2D eigenvalue weighted by molar-refractivity contribution is 7.89. The first kappa shape index (κ1) is 20.2. The van der Waals surface area contributed by atoms with Crippen LogP contribution < -0.4 is 4.72 Å². The van der Waals surface area contributed by atoms with Crippen LogP contribution in [0.25, 0.3) is 21.9 Å². The fourth-order valence-electron chi connectivity index (χ4n) is 4.51. The van der Waals surface area contributed by atoms with E-state index in [1.807, 2.05) is 54.2 Å². The summed E-state index contributed by atoms with van der Waals surface area (Å²) in [5, 5.41) is 6.03. The number of aromatic nitrogens is 2. The summed E-state index contributed by atoms with van der Waals surface area (Å²) in [7, 11) is -1.65. The Balaban J connectivity index is 1.19. The summed E-state index contributed by atoms with van der Waals surface area (Å²) in [5.41, 5.74) is 2.72. The molecule has 1 N–H and O–H groups in total. The minimum absolute atomic E-state index is 0.0724. The van der Waals surface area contributed by atoms with Crippen molar-refractivity contribution >= 4 is 31.9 Å². The van der Waals surface area contributed by atoms with Crippen molar-refractivity contribution in [2.24, 2.45) is 7.05 Å². The van der Waals surface area contributed by atoms with Crippen molar-refractivity contribution in [3.8, 4) is 0 Å². The summed E-state index contributed by atoms with van der Waals surface area (Å²) in [6.07, 6.45) is 4.51. The summed E-state index contributed by atoms with van der Waals surface area (Å²) in [6, 6.07) is 15.1. The second kappa shape index (κ2) is 8.11. The Morgan fingerprint density at radius 3 is 2.90 bits per heavy atom. The second-order valence-electron chi connectivity index (χ2n) is 8.25. The predicted molar refractivity (Wildman–Crippen MR) is 120 cm³/mol. The normalized spacial score (nSPS) is 17.8. The molecule has 8 heteroatoms. The Morgan fingerprint density at radius 2 is 2.00 bits per heavy atom. The minimum Gasteiger partial charge on any atom is -0.356 e. The van der Waals surface area contributed by atoms with Crippen LogP contribution in [0.5, 0.6) is 0 Å². The molecule has 3 heterocycles. The molecule has 0 radical (unpaired) electrons. The number of sulfonamides is 1. The first-order chi connectivity index (χ1) is 15.0. The number of para-hydroxylation sites is 1. The number of rotatable bonds is 7. The third-order valence-electron chi connectivity index (χ3n) is 6.11. The number of nitrogens with one attached hydrogen (secondary N) is 1. The first-order valence-corrected chi connectivity index (χ1v) is 12.1. The maximum absolute atomic E-state index is 13.1. The smallest absolute Gasteiger partial charge is 0.241 e. The zero-order valence-corrected chi connectivity index (χ0v) is 18.3. The van der Waals surface area contributed by atoms with E-state index in [1.165, 1.54) is 0 Å². The van der Waals surface area contributed by atoms with Gasteiger partial charge in [-0.1, -0.05) is 23.4 Å². The van der Waals surface area contributed by atoms with Gasteiger partial charge in [0.25, 0.3) is 0 Å². The van der Waals surface area contributed by atoms with E-state index in [9.17, 15) is 8.42 Å². The van der Waals surface area contributed by atoms with E-state index in [1.54, 1.807) is 12.1 Å². The zero-order chi connectivity index (χ0) is 21.4. The number of likely N-dealkylation sites (tertiary alicyclic amines) is 1. The van der Waals surface area contributed by atoms with Crippen LogP contribution in [-0.4, -0.2) is 48.7 Å². The molecule has 162 valence electrons. The van der Waals surface area contributed by atoms with Gasteiger partial charge < -0.3 is 14.0 Å². The number of nitrogens with zero attached hydrogens (tertiary/aromatic N) is 3. The monoisotopic (exact) mass is 438 g/mol. The molecular formula is C23H26N4O3S. The number of fused-ring (bicyclic) bond motifs is 2. The highest BCUT2D eigenvalue weighted by Gasteiger charge is 2.28. The van der Waals surface area contributed by atoms with Crippen molar-refractivity contribution in [3.63, 3.8) is 0 Å². The molecule has 1 aliphatic rings. The van der Waals surface area contributed by atoms with Crippen LogP contribution in [0.4, 0.5) is 0 Å². The molecule has 0 saturated carbocycles. The van der Waals surface area contributed by atoms with Crippen molar-refractivity contribution < 1.29 is 12.9 Å². The van der Waals surface area contributed by atoms with E-state index in [0.717, 1.165) is 66.5 Å². The first-order valence-electron chi connectivity index (χ1n) is 10.6. The quantitative estimate of drug-likeness (QED) is 0.479. The molecule has 0 unspecified atom stereocenters. The number of hydrogen-bond donors (Lipinski definition) is 1. The van der Waals surface area contributed by atoms with Gasteiger partial charge in [0.05, 0.1) is 10.6 Å². The van der Waals surface area contributed by atoms with Crippen molar-refractivity contribution in [3.05, 3.63) is 60.4 Å². The van der Waals surface area contributed by atoms with Gasteiger partial charge in [-0.2, -0.15) is 0 Å². The van der Waals surface area contributed by atoms with E-state index < -0.39 is 10.0 Å². The Labute approximate surface area is 181 Å². The average molecular weight is 439 g/mol. The van der Waals surface area contributed by atoms with Gasteiger partial charge in [-0.3, -0.25) is 0 Å². The fourth-order valence-corrected chi connectivity index (χ4v) is 5.99. The molecule has 0 bridgehead atoms. The van der Waals surface area contributed by atoms with Gasteiger partial charge in [-0.15, -0.1) is 0 Å². The Bertz CT molecular complexity index is 1330. The predicted octanol–water partition coefficient (Wildman–Crippen LogP) is 3.30. The maximum atomic E-state index is 13.1. The Kier molecular flexibility index (Phi) is 5.29. The summed E-state index contributed by atoms with van der Waals surface area (Å²) in [6.45, 7) is 2.53. The number of aryl methyl sites for hydroxylation is 2. The van der Waals surface area contributed by atoms with Crippen LogP contribution in [0.2, 0.25) is 0 Å². The van der Waals surface area contributed by atoms with Gasteiger partial charge in [0.15, 0.2) is 5.58 Å². The summed E-state index contributed by atoms with van der Waals surface area (Å²) in [4.78, 5) is 2.67. The number of benzene rings is 2. The zero-order valence-electron chi connectivity index (χ0n) is 17.5. The second-order valence-corrected chi connectivity index (χ2v) is 9.93. The van der Waals surface area contributed by atoms with Crippen LogP contribution in [0.15, 0.2) is 64.1 Å². The van der Waals surface area contributed by atoms with Gasteiger partial charge in [0.1, 0.15) is 0 Å². The average Bonchev–Trinajstić information content (AvgIpc) is 3.47. The Morgan fingerprint density at radius 1 is 1.13 bits per heavy atom. The van der Waals surface area contributed by atoms with Crippen molar-refractivity contribution in [1.82, 2.24) is 19.3 Å². The molecule has 7 nitrogen and oxygen atoms in total. The van der Waals surface area contributed by atoms with Crippen molar-refractivity contribution in [1.29, 1.82) is 0 Å². The molecular weight excluding hydrogens is 412 g/mol. The molecule has 1 aliphatic heterocycles. The summed E-state index contributed by atoms with van der Waals surface area (Å²) in [5.74, 6) is 0. The van der Waals surface area contributed by atoms with Crippen LogP contribution in [0, 0.1) is 0 Å².